The topological polar surface area (TPSA) is 29.9 Å². The van der Waals surface area contributed by atoms with Crippen molar-refractivity contribution in [2.24, 2.45) is 0 Å². The average Bonchev–Trinajstić information content (AvgIpc) is 3.11. The molecule has 3 nitrogen and oxygen atoms in total. The van der Waals surface area contributed by atoms with Crippen LogP contribution in [-0.4, -0.2) is 9.55 Å². The highest BCUT2D eigenvalue weighted by molar-refractivity contribution is 5.88. The molecule has 1 N–H and O–H groups in total. The van der Waals surface area contributed by atoms with Gasteiger partial charge in [0, 0.05) is 0 Å². The number of imidazole rings is 1. The fraction of sp³-hybridized carbons (Fsp3) is 0.0870. The van der Waals surface area contributed by atoms with Gasteiger partial charge in [-0.1, -0.05) is 60.7 Å². The van der Waals surface area contributed by atoms with Gasteiger partial charge in [-0.3, -0.25) is 4.57 Å². The summed E-state index contributed by atoms with van der Waals surface area (Å²) in [5.74, 6) is 0.523. The zero-order chi connectivity index (χ0) is 20.0. The highest BCUT2D eigenvalue weighted by atomic mass is 19.4. The van der Waals surface area contributed by atoms with E-state index >= 15 is 0 Å². The average molecular weight is 391 g/mol. The summed E-state index contributed by atoms with van der Waals surface area (Å²) < 4.78 is 42.8. The molecule has 1 unspecified atom stereocenters. The quantitative estimate of drug-likeness (QED) is 0.447. The van der Waals surface area contributed by atoms with E-state index in [1.807, 2.05) is 65.2 Å². The number of nitrogens with one attached hydrogen (secondary N) is 1. The highest BCUT2D eigenvalue weighted by Crippen LogP contribution is 2.40. The molecule has 0 fully saturated rings. The lowest BCUT2D eigenvalue weighted by Crippen LogP contribution is -2.22. The molecule has 5 rings (SSSR count). The van der Waals surface area contributed by atoms with Gasteiger partial charge in [-0.2, -0.15) is 13.2 Å². The van der Waals surface area contributed by atoms with E-state index in [4.69, 9.17) is 0 Å². The van der Waals surface area contributed by atoms with Gasteiger partial charge in [0.15, 0.2) is 0 Å². The smallest absolute Gasteiger partial charge is 0.345 e. The van der Waals surface area contributed by atoms with Gasteiger partial charge in [-0.05, 0) is 35.4 Å². The van der Waals surface area contributed by atoms with Crippen LogP contribution in [-0.2, 0) is 6.18 Å². The lowest BCUT2D eigenvalue weighted by atomic mass is 9.96. The summed E-state index contributed by atoms with van der Waals surface area (Å²) in [7, 11) is 0. The monoisotopic (exact) mass is 391 g/mol. The summed E-state index contributed by atoms with van der Waals surface area (Å²) in [4.78, 5) is 4.63. The molecule has 1 atom stereocenters. The van der Waals surface area contributed by atoms with Crippen LogP contribution in [0.1, 0.15) is 22.7 Å². The second-order valence-electron chi connectivity index (χ2n) is 6.88. The predicted octanol–water partition coefficient (Wildman–Crippen LogP) is 6.11. The Morgan fingerprint density at radius 2 is 1.52 bits per heavy atom. The van der Waals surface area contributed by atoms with E-state index in [-0.39, 0.29) is 5.56 Å². The number of para-hydroxylation sites is 2. The minimum absolute atomic E-state index is 0.173. The lowest BCUT2D eigenvalue weighted by Gasteiger charge is -2.27. The first-order chi connectivity index (χ1) is 14.0. The third kappa shape index (κ3) is 2.97. The number of alkyl halides is 3. The molecule has 0 amide bonds. The fourth-order valence-corrected chi connectivity index (χ4v) is 3.81. The zero-order valence-corrected chi connectivity index (χ0v) is 15.2. The molecule has 0 saturated heterocycles. The van der Waals surface area contributed by atoms with E-state index in [2.05, 4.69) is 10.3 Å². The van der Waals surface area contributed by atoms with E-state index in [0.29, 0.717) is 5.95 Å². The van der Waals surface area contributed by atoms with Crippen molar-refractivity contribution in [3.05, 3.63) is 102 Å². The summed E-state index contributed by atoms with van der Waals surface area (Å²) >= 11 is 0. The molecule has 0 aliphatic carbocycles. The molecule has 0 radical (unpaired) electrons. The number of benzene rings is 3. The molecule has 0 saturated carbocycles. The number of aromatic nitrogens is 2. The van der Waals surface area contributed by atoms with Crippen LogP contribution in [0.15, 0.2) is 84.9 Å². The number of fused-ring (bicyclic) bond motifs is 3. The van der Waals surface area contributed by atoms with E-state index in [1.54, 1.807) is 6.07 Å². The minimum Gasteiger partial charge on any atom is -0.345 e. The Bertz CT molecular complexity index is 1220. The number of halogens is 3. The highest BCUT2D eigenvalue weighted by Gasteiger charge is 2.36. The van der Waals surface area contributed by atoms with E-state index in [9.17, 15) is 13.2 Å². The number of anilines is 1. The second kappa shape index (κ2) is 6.51. The third-order valence-corrected chi connectivity index (χ3v) is 5.08. The summed E-state index contributed by atoms with van der Waals surface area (Å²) in [6, 6.07) is 22.3. The first kappa shape index (κ1) is 17.6. The summed E-state index contributed by atoms with van der Waals surface area (Å²) in [5.41, 5.74) is 2.91. The maximum Gasteiger partial charge on any atom is 0.416 e. The van der Waals surface area contributed by atoms with Gasteiger partial charge in [0.1, 0.15) is 0 Å². The van der Waals surface area contributed by atoms with Crippen molar-refractivity contribution in [3.63, 3.8) is 0 Å². The molecule has 1 aliphatic rings. The molecule has 29 heavy (non-hydrogen) atoms. The van der Waals surface area contributed by atoms with Crippen LogP contribution in [0.3, 0.4) is 0 Å². The largest absolute Gasteiger partial charge is 0.416 e. The Morgan fingerprint density at radius 3 is 2.31 bits per heavy atom. The number of hydrogen-bond donors (Lipinski definition) is 1. The van der Waals surface area contributed by atoms with Gasteiger partial charge in [0.05, 0.1) is 28.3 Å². The lowest BCUT2D eigenvalue weighted by molar-refractivity contribution is -0.138. The van der Waals surface area contributed by atoms with Crippen LogP contribution >= 0.6 is 0 Å². The van der Waals surface area contributed by atoms with Crippen molar-refractivity contribution in [3.8, 4) is 0 Å². The Hall–Kier alpha value is -3.54. The van der Waals surface area contributed by atoms with E-state index in [0.717, 1.165) is 28.4 Å². The molecule has 3 aromatic carbocycles. The van der Waals surface area contributed by atoms with Crippen molar-refractivity contribution in [2.45, 2.75) is 12.2 Å². The van der Waals surface area contributed by atoms with Crippen LogP contribution in [0.2, 0.25) is 0 Å². The Morgan fingerprint density at radius 1 is 0.828 bits per heavy atom. The van der Waals surface area contributed by atoms with Crippen molar-refractivity contribution in [2.75, 3.05) is 5.32 Å². The van der Waals surface area contributed by atoms with Crippen LogP contribution in [0.4, 0.5) is 19.1 Å². The Labute approximate surface area is 165 Å². The molecule has 1 aromatic heterocycles. The molecule has 6 heteroatoms. The normalized spacial score (nSPS) is 16.2. The SMILES string of the molecule is FC(F)(F)c1ccccc1C1C=C(c2ccccc2)n2c(nc3ccccc32)N1. The fourth-order valence-electron chi connectivity index (χ4n) is 3.81. The first-order valence-corrected chi connectivity index (χ1v) is 9.20. The summed E-state index contributed by atoms with van der Waals surface area (Å²) in [6.45, 7) is 0. The molecule has 144 valence electrons. The van der Waals surface area contributed by atoms with Crippen LogP contribution < -0.4 is 5.32 Å². The maximum atomic E-state index is 13.6. The van der Waals surface area contributed by atoms with Gasteiger partial charge in [-0.15, -0.1) is 0 Å². The third-order valence-electron chi connectivity index (χ3n) is 5.08. The first-order valence-electron chi connectivity index (χ1n) is 9.20. The van der Waals surface area contributed by atoms with Gasteiger partial charge in [0.25, 0.3) is 0 Å². The van der Waals surface area contributed by atoms with E-state index in [1.165, 1.54) is 12.1 Å². The van der Waals surface area contributed by atoms with E-state index < -0.39 is 17.8 Å². The summed E-state index contributed by atoms with van der Waals surface area (Å²) in [5, 5.41) is 3.19. The van der Waals surface area contributed by atoms with Crippen molar-refractivity contribution >= 4 is 22.7 Å². The molecule has 4 aromatic rings. The molecular formula is C23H16F3N3. The van der Waals surface area contributed by atoms with Gasteiger partial charge >= 0.3 is 6.18 Å². The number of hydrogen-bond acceptors (Lipinski definition) is 2. The Balaban J connectivity index is 1.74. The van der Waals surface area contributed by atoms with Gasteiger partial charge < -0.3 is 5.32 Å². The van der Waals surface area contributed by atoms with Crippen molar-refractivity contribution in [1.82, 2.24) is 9.55 Å². The van der Waals surface area contributed by atoms with Crippen LogP contribution in [0.5, 0.6) is 0 Å². The van der Waals surface area contributed by atoms with Crippen molar-refractivity contribution in [1.29, 1.82) is 0 Å². The Kier molecular flexibility index (Phi) is 3.94. The molecule has 1 aliphatic heterocycles. The maximum absolute atomic E-state index is 13.6. The number of rotatable bonds is 2. The molecule has 0 bridgehead atoms. The molecule has 2 heterocycles. The molecule has 0 spiro atoms. The van der Waals surface area contributed by atoms with Crippen molar-refractivity contribution < 1.29 is 13.2 Å². The summed E-state index contributed by atoms with van der Waals surface area (Å²) in [6.07, 6.45) is -2.60. The molecular weight excluding hydrogens is 375 g/mol. The van der Waals surface area contributed by atoms with Crippen LogP contribution in [0.25, 0.3) is 16.7 Å². The van der Waals surface area contributed by atoms with Gasteiger partial charge in [0.2, 0.25) is 5.95 Å². The minimum atomic E-state index is -4.43. The van der Waals surface area contributed by atoms with Gasteiger partial charge in [-0.25, -0.2) is 4.98 Å². The number of nitrogens with zero attached hydrogens (tertiary/aromatic N) is 2. The predicted molar refractivity (Wildman–Crippen MR) is 107 cm³/mol. The second-order valence-corrected chi connectivity index (χ2v) is 6.88. The standard InChI is InChI=1S/C23H16F3N3/c24-23(25,26)17-11-5-4-10-16(17)19-14-21(15-8-2-1-3-9-15)29-20-13-7-6-12-18(20)27-22(29)28-19/h1-14,19H,(H,27,28). The zero-order valence-electron chi connectivity index (χ0n) is 15.2. The van der Waals surface area contributed by atoms with Crippen LogP contribution in [0, 0.1) is 0 Å².